The lowest BCUT2D eigenvalue weighted by molar-refractivity contribution is 0.427. The molecule has 5 nitrogen and oxygen atoms in total. The van der Waals surface area contributed by atoms with Crippen LogP contribution in [0.1, 0.15) is 16.8 Å². The van der Waals surface area contributed by atoms with Crippen molar-refractivity contribution in [2.75, 3.05) is 0 Å². The van der Waals surface area contributed by atoms with Crippen LogP contribution in [-0.4, -0.2) is 19.7 Å². The first kappa shape index (κ1) is 11.5. The summed E-state index contributed by atoms with van der Waals surface area (Å²) < 4.78 is 1.36. The molecule has 2 aromatic heterocycles. The SMILES string of the molecule is Cc1cc2[nH]c(=O)c(Cc3ccccc3)c(O)n2n1. The Morgan fingerprint density at radius 2 is 2.05 bits per heavy atom. The monoisotopic (exact) mass is 255 g/mol. The fourth-order valence-electron chi connectivity index (χ4n) is 2.13. The van der Waals surface area contributed by atoms with E-state index in [9.17, 15) is 9.90 Å². The highest BCUT2D eigenvalue weighted by molar-refractivity contribution is 5.44. The lowest BCUT2D eigenvalue weighted by Gasteiger charge is -2.05. The Hall–Kier alpha value is -2.56. The molecule has 19 heavy (non-hydrogen) atoms. The second-order valence-electron chi connectivity index (χ2n) is 4.50. The number of aryl methyl sites for hydroxylation is 1. The average molecular weight is 255 g/mol. The first-order valence-corrected chi connectivity index (χ1v) is 5.99. The largest absolute Gasteiger partial charge is 0.493 e. The van der Waals surface area contributed by atoms with E-state index in [0.29, 0.717) is 17.6 Å². The van der Waals surface area contributed by atoms with Crippen molar-refractivity contribution in [3.8, 4) is 5.88 Å². The highest BCUT2D eigenvalue weighted by Crippen LogP contribution is 2.17. The zero-order chi connectivity index (χ0) is 13.4. The van der Waals surface area contributed by atoms with Gasteiger partial charge in [-0.2, -0.15) is 9.61 Å². The van der Waals surface area contributed by atoms with Crippen LogP contribution in [0.3, 0.4) is 0 Å². The number of nitrogens with one attached hydrogen (secondary N) is 1. The van der Waals surface area contributed by atoms with E-state index in [1.807, 2.05) is 37.3 Å². The molecule has 5 heteroatoms. The lowest BCUT2D eigenvalue weighted by Crippen LogP contribution is -2.16. The molecule has 1 aromatic carbocycles. The van der Waals surface area contributed by atoms with E-state index in [0.717, 1.165) is 11.3 Å². The first-order valence-electron chi connectivity index (χ1n) is 5.99. The molecular weight excluding hydrogens is 242 g/mol. The minimum Gasteiger partial charge on any atom is -0.493 e. The van der Waals surface area contributed by atoms with Crippen LogP contribution in [0.25, 0.3) is 5.65 Å². The van der Waals surface area contributed by atoms with E-state index in [1.54, 1.807) is 6.07 Å². The summed E-state index contributed by atoms with van der Waals surface area (Å²) >= 11 is 0. The molecule has 0 atom stereocenters. The van der Waals surface area contributed by atoms with Crippen molar-refractivity contribution in [1.82, 2.24) is 14.6 Å². The Morgan fingerprint density at radius 3 is 2.79 bits per heavy atom. The molecule has 0 saturated heterocycles. The second-order valence-corrected chi connectivity index (χ2v) is 4.50. The number of aromatic hydroxyl groups is 1. The van der Waals surface area contributed by atoms with Gasteiger partial charge in [0.05, 0.1) is 11.3 Å². The van der Waals surface area contributed by atoms with Crippen molar-refractivity contribution < 1.29 is 5.11 Å². The van der Waals surface area contributed by atoms with E-state index in [4.69, 9.17) is 0 Å². The van der Waals surface area contributed by atoms with Gasteiger partial charge in [0, 0.05) is 12.5 Å². The van der Waals surface area contributed by atoms with Crippen molar-refractivity contribution in [2.24, 2.45) is 0 Å². The fraction of sp³-hybridized carbons (Fsp3) is 0.143. The van der Waals surface area contributed by atoms with Crippen LogP contribution in [0.2, 0.25) is 0 Å². The van der Waals surface area contributed by atoms with E-state index < -0.39 is 0 Å². The van der Waals surface area contributed by atoms with Gasteiger partial charge in [-0.05, 0) is 12.5 Å². The number of nitrogens with zero attached hydrogens (tertiary/aromatic N) is 2. The summed E-state index contributed by atoms with van der Waals surface area (Å²) in [6.45, 7) is 1.81. The molecule has 0 fully saturated rings. The molecule has 0 aliphatic rings. The van der Waals surface area contributed by atoms with Crippen molar-refractivity contribution in [2.45, 2.75) is 13.3 Å². The number of H-pyrrole nitrogens is 1. The smallest absolute Gasteiger partial charge is 0.258 e. The molecule has 0 saturated carbocycles. The summed E-state index contributed by atoms with van der Waals surface area (Å²) in [4.78, 5) is 14.7. The molecule has 3 aromatic rings. The summed E-state index contributed by atoms with van der Waals surface area (Å²) in [7, 11) is 0. The Bertz CT molecular complexity index is 788. The van der Waals surface area contributed by atoms with Gasteiger partial charge in [0.15, 0.2) is 0 Å². The minimum absolute atomic E-state index is 0.101. The molecule has 2 heterocycles. The molecular formula is C14H13N3O2. The standard InChI is InChI=1S/C14H13N3O2/c1-9-7-12-15-13(18)11(14(19)17(12)16-9)8-10-5-3-2-4-6-10/h2-7,19H,8H2,1H3,(H,15,18). The summed E-state index contributed by atoms with van der Waals surface area (Å²) in [5.41, 5.74) is 2.24. The molecule has 0 bridgehead atoms. The van der Waals surface area contributed by atoms with Gasteiger partial charge in [-0.25, -0.2) is 0 Å². The normalized spacial score (nSPS) is 11.0. The molecule has 96 valence electrons. The van der Waals surface area contributed by atoms with Gasteiger partial charge in [-0.3, -0.25) is 4.79 Å². The predicted octanol–water partition coefficient (Wildman–Crippen LogP) is 1.63. The second kappa shape index (κ2) is 4.28. The number of hydrogen-bond donors (Lipinski definition) is 2. The third-order valence-electron chi connectivity index (χ3n) is 3.04. The van der Waals surface area contributed by atoms with Crippen LogP contribution < -0.4 is 5.56 Å². The first-order chi connectivity index (χ1) is 9.15. The third kappa shape index (κ3) is 1.99. The molecule has 0 amide bonds. The van der Waals surface area contributed by atoms with Crippen LogP contribution in [0.4, 0.5) is 0 Å². The van der Waals surface area contributed by atoms with E-state index >= 15 is 0 Å². The zero-order valence-corrected chi connectivity index (χ0v) is 10.4. The van der Waals surface area contributed by atoms with Crippen molar-refractivity contribution in [1.29, 1.82) is 0 Å². The molecule has 0 spiro atoms. The third-order valence-corrected chi connectivity index (χ3v) is 3.04. The summed E-state index contributed by atoms with van der Waals surface area (Å²) in [5, 5.41) is 14.3. The van der Waals surface area contributed by atoms with E-state index in [2.05, 4.69) is 10.1 Å². The molecule has 0 aliphatic carbocycles. The summed E-state index contributed by atoms with van der Waals surface area (Å²) in [6.07, 6.45) is 0.372. The van der Waals surface area contributed by atoms with Gasteiger partial charge in [-0.15, -0.1) is 0 Å². The van der Waals surface area contributed by atoms with Gasteiger partial charge >= 0.3 is 0 Å². The maximum atomic E-state index is 12.0. The highest BCUT2D eigenvalue weighted by atomic mass is 16.3. The van der Waals surface area contributed by atoms with E-state index in [1.165, 1.54) is 4.52 Å². The Labute approximate surface area is 109 Å². The summed E-state index contributed by atoms with van der Waals surface area (Å²) in [5.74, 6) is -0.101. The number of aromatic nitrogens is 3. The van der Waals surface area contributed by atoms with Crippen LogP contribution in [0.15, 0.2) is 41.2 Å². The number of hydrogen-bond acceptors (Lipinski definition) is 3. The maximum absolute atomic E-state index is 12.0. The van der Waals surface area contributed by atoms with Crippen LogP contribution >= 0.6 is 0 Å². The number of benzene rings is 1. The summed E-state index contributed by atoms with van der Waals surface area (Å²) in [6, 6.07) is 11.3. The fourth-order valence-corrected chi connectivity index (χ4v) is 2.13. The molecule has 3 rings (SSSR count). The minimum atomic E-state index is -0.284. The lowest BCUT2D eigenvalue weighted by atomic mass is 10.1. The molecule has 0 radical (unpaired) electrons. The van der Waals surface area contributed by atoms with Gasteiger partial charge in [-0.1, -0.05) is 30.3 Å². The molecule has 0 aliphatic heterocycles. The van der Waals surface area contributed by atoms with Crippen molar-refractivity contribution in [3.05, 3.63) is 63.6 Å². The van der Waals surface area contributed by atoms with E-state index in [-0.39, 0.29) is 11.4 Å². The van der Waals surface area contributed by atoms with Gasteiger partial charge in [0.25, 0.3) is 5.56 Å². The van der Waals surface area contributed by atoms with Crippen molar-refractivity contribution >= 4 is 5.65 Å². The number of fused-ring (bicyclic) bond motifs is 1. The van der Waals surface area contributed by atoms with Crippen molar-refractivity contribution in [3.63, 3.8) is 0 Å². The Balaban J connectivity index is 2.16. The van der Waals surface area contributed by atoms with Crippen LogP contribution in [0, 0.1) is 6.92 Å². The van der Waals surface area contributed by atoms with Crippen LogP contribution in [-0.2, 0) is 6.42 Å². The van der Waals surface area contributed by atoms with Gasteiger partial charge in [0.1, 0.15) is 5.65 Å². The zero-order valence-electron chi connectivity index (χ0n) is 10.4. The Morgan fingerprint density at radius 1 is 1.32 bits per heavy atom. The molecule has 0 unspecified atom stereocenters. The molecule has 2 N–H and O–H groups in total. The van der Waals surface area contributed by atoms with Crippen LogP contribution in [0.5, 0.6) is 5.88 Å². The van der Waals surface area contributed by atoms with Gasteiger partial charge in [0.2, 0.25) is 5.88 Å². The van der Waals surface area contributed by atoms with Gasteiger partial charge < -0.3 is 10.1 Å². The topological polar surface area (TPSA) is 70.4 Å². The average Bonchev–Trinajstić information content (AvgIpc) is 2.76. The quantitative estimate of drug-likeness (QED) is 0.731. The number of aromatic amines is 1. The number of rotatable bonds is 2. The maximum Gasteiger partial charge on any atom is 0.258 e. The predicted molar refractivity (Wildman–Crippen MR) is 71.5 cm³/mol. The highest BCUT2D eigenvalue weighted by Gasteiger charge is 2.13. The Kier molecular flexibility index (Phi) is 2.59.